The van der Waals surface area contributed by atoms with E-state index in [0.717, 1.165) is 37.5 Å². The Morgan fingerprint density at radius 3 is 2.12 bits per heavy atom. The lowest BCUT2D eigenvalue weighted by atomic mass is 10.1. The second kappa shape index (κ2) is 8.47. The zero-order chi connectivity index (χ0) is 18.5. The van der Waals surface area contributed by atoms with E-state index in [0.29, 0.717) is 17.7 Å². The third-order valence-corrected chi connectivity index (χ3v) is 5.06. The Bertz CT molecular complexity index is 754. The lowest BCUT2D eigenvalue weighted by molar-refractivity contribution is 0.0647. The van der Waals surface area contributed by atoms with E-state index in [1.54, 1.807) is 24.3 Å². The summed E-state index contributed by atoms with van der Waals surface area (Å²) in [4.78, 5) is 28.5. The quantitative estimate of drug-likeness (QED) is 0.662. The molecule has 4 nitrogen and oxygen atoms in total. The maximum absolute atomic E-state index is 12.4. The summed E-state index contributed by atoms with van der Waals surface area (Å²) in [6.07, 6.45) is 1.73. The van der Waals surface area contributed by atoms with Crippen LogP contribution in [0, 0.1) is 0 Å². The summed E-state index contributed by atoms with van der Waals surface area (Å²) in [5, 5.41) is 0.752. The second-order valence-electron chi connectivity index (χ2n) is 6.47. The molecule has 5 heteroatoms. The molecule has 0 aromatic heterocycles. The smallest absolute Gasteiger partial charge is 0.261 e. The Labute approximate surface area is 159 Å². The molecule has 136 valence electrons. The molecule has 0 saturated heterocycles. The van der Waals surface area contributed by atoms with Gasteiger partial charge in [0.15, 0.2) is 0 Å². The molecular formula is C21H23ClN2O2. The Kier molecular flexibility index (Phi) is 6.07. The number of fused-ring (bicyclic) bond motifs is 1. The number of imide groups is 1. The molecule has 2 aromatic rings. The molecule has 0 bridgehead atoms. The molecule has 2 aromatic carbocycles. The molecule has 0 unspecified atom stereocenters. The van der Waals surface area contributed by atoms with Gasteiger partial charge < -0.3 is 4.90 Å². The summed E-state index contributed by atoms with van der Waals surface area (Å²) in [5.74, 6) is -0.343. The van der Waals surface area contributed by atoms with Crippen molar-refractivity contribution < 1.29 is 9.59 Å². The first-order valence-electron chi connectivity index (χ1n) is 9.02. The first-order chi connectivity index (χ1) is 12.6. The van der Waals surface area contributed by atoms with Gasteiger partial charge in [-0.05, 0) is 55.8 Å². The van der Waals surface area contributed by atoms with E-state index >= 15 is 0 Å². The first kappa shape index (κ1) is 18.6. The van der Waals surface area contributed by atoms with E-state index in [4.69, 9.17) is 11.6 Å². The van der Waals surface area contributed by atoms with E-state index in [-0.39, 0.29) is 11.8 Å². The van der Waals surface area contributed by atoms with Crippen LogP contribution in [-0.4, -0.2) is 47.8 Å². The van der Waals surface area contributed by atoms with Gasteiger partial charge in [0.2, 0.25) is 0 Å². The maximum atomic E-state index is 12.4. The van der Waals surface area contributed by atoms with Crippen molar-refractivity contribution in [3.63, 3.8) is 0 Å². The fourth-order valence-electron chi connectivity index (χ4n) is 3.26. The number of nitrogens with zero attached hydrogens (tertiary/aromatic N) is 2. The SMILES string of the molecule is CCN(CCCN1C(=O)c2ccccc2C1=O)CCc1ccc(Cl)cc1. The van der Waals surface area contributed by atoms with E-state index in [1.165, 1.54) is 10.5 Å². The second-order valence-corrected chi connectivity index (χ2v) is 6.91. The number of carbonyl (C=O) groups excluding carboxylic acids is 2. The molecule has 26 heavy (non-hydrogen) atoms. The van der Waals surface area contributed by atoms with Gasteiger partial charge in [0.1, 0.15) is 0 Å². The monoisotopic (exact) mass is 370 g/mol. The molecule has 0 atom stereocenters. The zero-order valence-electron chi connectivity index (χ0n) is 15.0. The third kappa shape index (κ3) is 4.14. The van der Waals surface area contributed by atoms with Crippen LogP contribution in [0.2, 0.25) is 5.02 Å². The van der Waals surface area contributed by atoms with Crippen molar-refractivity contribution in [3.8, 4) is 0 Å². The molecule has 0 spiro atoms. The lowest BCUT2D eigenvalue weighted by Crippen LogP contribution is -2.34. The topological polar surface area (TPSA) is 40.6 Å². The number of carbonyl (C=O) groups is 2. The van der Waals surface area contributed by atoms with Gasteiger partial charge in [0.25, 0.3) is 11.8 Å². The Morgan fingerprint density at radius 2 is 1.54 bits per heavy atom. The number of benzene rings is 2. The molecule has 0 radical (unpaired) electrons. The van der Waals surface area contributed by atoms with Crippen molar-refractivity contribution >= 4 is 23.4 Å². The summed E-state index contributed by atoms with van der Waals surface area (Å²) >= 11 is 5.92. The van der Waals surface area contributed by atoms with Crippen LogP contribution in [0.15, 0.2) is 48.5 Å². The van der Waals surface area contributed by atoms with Crippen LogP contribution < -0.4 is 0 Å². The van der Waals surface area contributed by atoms with Gasteiger partial charge in [0.05, 0.1) is 11.1 Å². The normalized spacial score (nSPS) is 13.6. The maximum Gasteiger partial charge on any atom is 0.261 e. The molecule has 3 rings (SSSR count). The van der Waals surface area contributed by atoms with E-state index < -0.39 is 0 Å². The van der Waals surface area contributed by atoms with Crippen LogP contribution in [0.1, 0.15) is 39.6 Å². The molecule has 2 amide bonds. The number of amides is 2. The fraction of sp³-hybridized carbons (Fsp3) is 0.333. The summed E-state index contributed by atoms with van der Waals surface area (Å²) in [6.45, 7) is 5.33. The summed E-state index contributed by atoms with van der Waals surface area (Å²) < 4.78 is 0. The average Bonchev–Trinajstić information content (AvgIpc) is 2.91. The van der Waals surface area contributed by atoms with E-state index in [9.17, 15) is 9.59 Å². The van der Waals surface area contributed by atoms with Crippen molar-refractivity contribution in [1.82, 2.24) is 9.80 Å². The minimum absolute atomic E-state index is 0.171. The Balaban J connectivity index is 1.48. The highest BCUT2D eigenvalue weighted by Crippen LogP contribution is 2.22. The molecule has 0 aliphatic carbocycles. The average molecular weight is 371 g/mol. The number of rotatable bonds is 8. The van der Waals surface area contributed by atoms with E-state index in [1.807, 2.05) is 12.1 Å². The third-order valence-electron chi connectivity index (χ3n) is 4.81. The van der Waals surface area contributed by atoms with Crippen molar-refractivity contribution in [2.24, 2.45) is 0 Å². The highest BCUT2D eigenvalue weighted by atomic mass is 35.5. The van der Waals surface area contributed by atoms with Crippen LogP contribution in [0.5, 0.6) is 0 Å². The van der Waals surface area contributed by atoms with Crippen molar-refractivity contribution in [2.75, 3.05) is 26.2 Å². The van der Waals surface area contributed by atoms with Gasteiger partial charge in [-0.3, -0.25) is 14.5 Å². The molecular weight excluding hydrogens is 348 g/mol. The number of halogens is 1. The van der Waals surface area contributed by atoms with Crippen molar-refractivity contribution in [3.05, 3.63) is 70.2 Å². The largest absolute Gasteiger partial charge is 0.303 e. The predicted octanol–water partition coefficient (Wildman–Crippen LogP) is 3.89. The van der Waals surface area contributed by atoms with E-state index in [2.05, 4.69) is 24.0 Å². The van der Waals surface area contributed by atoms with Crippen LogP contribution in [-0.2, 0) is 6.42 Å². The van der Waals surface area contributed by atoms with Crippen molar-refractivity contribution in [1.29, 1.82) is 0 Å². The number of hydrogen-bond donors (Lipinski definition) is 0. The summed E-state index contributed by atoms with van der Waals surface area (Å²) in [6, 6.07) is 15.0. The van der Waals surface area contributed by atoms with Gasteiger partial charge in [-0.25, -0.2) is 0 Å². The Morgan fingerprint density at radius 1 is 0.923 bits per heavy atom. The predicted molar refractivity (Wildman–Crippen MR) is 104 cm³/mol. The fourth-order valence-corrected chi connectivity index (χ4v) is 3.39. The first-order valence-corrected chi connectivity index (χ1v) is 9.40. The highest BCUT2D eigenvalue weighted by Gasteiger charge is 2.34. The van der Waals surface area contributed by atoms with Crippen LogP contribution in [0.25, 0.3) is 0 Å². The standard InChI is InChI=1S/C21H23ClN2O2/c1-2-23(15-12-16-8-10-17(22)11-9-16)13-5-14-24-20(25)18-6-3-4-7-19(18)21(24)26/h3-4,6-11H,2,5,12-15H2,1H3. The molecule has 0 saturated carbocycles. The van der Waals surface area contributed by atoms with Gasteiger partial charge in [0, 0.05) is 18.1 Å². The van der Waals surface area contributed by atoms with Gasteiger partial charge >= 0.3 is 0 Å². The summed E-state index contributed by atoms with van der Waals surface area (Å²) in [5.41, 5.74) is 2.30. The molecule has 1 heterocycles. The minimum atomic E-state index is -0.171. The molecule has 1 aliphatic heterocycles. The van der Waals surface area contributed by atoms with Gasteiger partial charge in [-0.2, -0.15) is 0 Å². The molecule has 1 aliphatic rings. The van der Waals surface area contributed by atoms with Gasteiger partial charge in [-0.1, -0.05) is 42.8 Å². The number of hydrogen-bond acceptors (Lipinski definition) is 3. The molecule has 0 fully saturated rings. The molecule has 0 N–H and O–H groups in total. The zero-order valence-corrected chi connectivity index (χ0v) is 15.7. The van der Waals surface area contributed by atoms with Crippen LogP contribution in [0.3, 0.4) is 0 Å². The van der Waals surface area contributed by atoms with Gasteiger partial charge in [-0.15, -0.1) is 0 Å². The summed E-state index contributed by atoms with van der Waals surface area (Å²) in [7, 11) is 0. The van der Waals surface area contributed by atoms with Crippen LogP contribution >= 0.6 is 11.6 Å². The lowest BCUT2D eigenvalue weighted by Gasteiger charge is -2.22. The Hall–Kier alpha value is -2.17. The number of likely N-dealkylation sites (N-methyl/N-ethyl adjacent to an activating group) is 1. The van der Waals surface area contributed by atoms with Crippen LogP contribution in [0.4, 0.5) is 0 Å². The van der Waals surface area contributed by atoms with Crippen molar-refractivity contribution in [2.45, 2.75) is 19.8 Å². The highest BCUT2D eigenvalue weighted by molar-refractivity contribution is 6.30. The minimum Gasteiger partial charge on any atom is -0.303 e.